The van der Waals surface area contributed by atoms with Gasteiger partial charge in [0.25, 0.3) is 5.91 Å². The number of aromatic nitrogens is 2. The molecule has 1 unspecified atom stereocenters. The van der Waals surface area contributed by atoms with Crippen LogP contribution in [-0.2, 0) is 9.53 Å². The van der Waals surface area contributed by atoms with Crippen molar-refractivity contribution in [3.8, 4) is 0 Å². The van der Waals surface area contributed by atoms with Crippen LogP contribution >= 0.6 is 0 Å². The summed E-state index contributed by atoms with van der Waals surface area (Å²) in [5.41, 5.74) is 5.74. The van der Waals surface area contributed by atoms with Crippen molar-refractivity contribution in [2.24, 2.45) is 0 Å². The highest BCUT2D eigenvalue weighted by Gasteiger charge is 2.33. The minimum Gasteiger partial charge on any atom is -0.382 e. The molecule has 8 nitrogen and oxygen atoms in total. The molecule has 0 aliphatic carbocycles. The van der Waals surface area contributed by atoms with E-state index in [1.54, 1.807) is 0 Å². The number of anilines is 1. The van der Waals surface area contributed by atoms with Gasteiger partial charge in [-0.2, -0.15) is 5.10 Å². The van der Waals surface area contributed by atoms with Gasteiger partial charge in [-0.3, -0.25) is 14.7 Å². The van der Waals surface area contributed by atoms with Gasteiger partial charge in [-0.05, 0) is 6.92 Å². The predicted molar refractivity (Wildman–Crippen MR) is 67.3 cm³/mol. The van der Waals surface area contributed by atoms with Crippen molar-refractivity contribution in [2.75, 3.05) is 32.0 Å². The quantitative estimate of drug-likeness (QED) is 0.648. The minimum atomic E-state index is -0.620. The summed E-state index contributed by atoms with van der Waals surface area (Å²) >= 11 is 0. The molecule has 0 saturated carbocycles. The Labute approximate surface area is 110 Å². The average molecular weight is 267 g/mol. The van der Waals surface area contributed by atoms with E-state index in [1.807, 2.05) is 6.92 Å². The fourth-order valence-corrected chi connectivity index (χ4v) is 1.96. The van der Waals surface area contributed by atoms with Gasteiger partial charge in [-0.25, -0.2) is 0 Å². The Balaban J connectivity index is 2.15. The summed E-state index contributed by atoms with van der Waals surface area (Å²) in [6.07, 6.45) is 0. The van der Waals surface area contributed by atoms with Gasteiger partial charge in [0.05, 0.1) is 13.2 Å². The van der Waals surface area contributed by atoms with E-state index < -0.39 is 6.04 Å². The summed E-state index contributed by atoms with van der Waals surface area (Å²) in [6.45, 7) is 3.30. The fraction of sp³-hybridized carbons (Fsp3) is 0.545. The van der Waals surface area contributed by atoms with Crippen molar-refractivity contribution < 1.29 is 14.3 Å². The van der Waals surface area contributed by atoms with E-state index in [-0.39, 0.29) is 29.9 Å². The van der Waals surface area contributed by atoms with E-state index >= 15 is 0 Å². The van der Waals surface area contributed by atoms with Crippen molar-refractivity contribution in [1.82, 2.24) is 20.4 Å². The molecular weight excluding hydrogens is 250 g/mol. The van der Waals surface area contributed by atoms with Gasteiger partial charge in [0.2, 0.25) is 5.91 Å². The Bertz CT molecular complexity index is 473. The first kappa shape index (κ1) is 13.3. The molecule has 0 spiro atoms. The third kappa shape index (κ3) is 2.84. The number of aromatic amines is 1. The van der Waals surface area contributed by atoms with Crippen molar-refractivity contribution in [1.29, 1.82) is 0 Å². The Morgan fingerprint density at radius 2 is 2.47 bits per heavy atom. The normalized spacial score (nSPS) is 19.2. The molecular formula is C11H17N5O3. The molecule has 0 radical (unpaired) electrons. The van der Waals surface area contributed by atoms with Crippen molar-refractivity contribution in [3.05, 3.63) is 11.8 Å². The Morgan fingerprint density at radius 3 is 3.11 bits per heavy atom. The molecule has 0 aromatic carbocycles. The highest BCUT2D eigenvalue weighted by molar-refractivity contribution is 5.96. The molecule has 4 N–H and O–H groups in total. The smallest absolute Gasteiger partial charge is 0.272 e. The standard InChI is InChI=1S/C11H17N5O3/c1-2-13-10(17)8-6-19-4-3-16(8)11(18)7-5-9(12)15-14-7/h5,8H,2-4,6H2,1H3,(H,13,17)(H3,12,14,15). The number of H-pyrrole nitrogens is 1. The first-order chi connectivity index (χ1) is 9.13. The van der Waals surface area contributed by atoms with Crippen LogP contribution in [0.15, 0.2) is 6.07 Å². The van der Waals surface area contributed by atoms with Gasteiger partial charge in [0.1, 0.15) is 17.6 Å². The van der Waals surface area contributed by atoms with Crippen molar-refractivity contribution >= 4 is 17.6 Å². The maximum Gasteiger partial charge on any atom is 0.272 e. The highest BCUT2D eigenvalue weighted by atomic mass is 16.5. The number of nitrogens with two attached hydrogens (primary N) is 1. The molecule has 1 saturated heterocycles. The zero-order valence-corrected chi connectivity index (χ0v) is 10.7. The minimum absolute atomic E-state index is 0.196. The lowest BCUT2D eigenvalue weighted by Gasteiger charge is -2.34. The maximum absolute atomic E-state index is 12.3. The molecule has 104 valence electrons. The molecule has 2 heterocycles. The number of carbonyl (C=O) groups is 2. The van der Waals surface area contributed by atoms with Crippen LogP contribution in [0.5, 0.6) is 0 Å². The van der Waals surface area contributed by atoms with E-state index in [0.29, 0.717) is 19.7 Å². The molecule has 1 aromatic rings. The maximum atomic E-state index is 12.3. The van der Waals surface area contributed by atoms with E-state index in [2.05, 4.69) is 15.5 Å². The number of nitrogen functional groups attached to an aromatic ring is 1. The molecule has 8 heteroatoms. The summed E-state index contributed by atoms with van der Waals surface area (Å²) in [5, 5.41) is 8.96. The van der Waals surface area contributed by atoms with E-state index in [1.165, 1.54) is 11.0 Å². The molecule has 1 aromatic heterocycles. The second-order valence-electron chi connectivity index (χ2n) is 4.19. The number of hydrogen-bond donors (Lipinski definition) is 3. The molecule has 19 heavy (non-hydrogen) atoms. The lowest BCUT2D eigenvalue weighted by atomic mass is 10.2. The van der Waals surface area contributed by atoms with Gasteiger partial charge < -0.3 is 20.7 Å². The van der Waals surface area contributed by atoms with Crippen LogP contribution in [-0.4, -0.2) is 59.3 Å². The monoisotopic (exact) mass is 267 g/mol. The van der Waals surface area contributed by atoms with E-state index in [9.17, 15) is 9.59 Å². The van der Waals surface area contributed by atoms with E-state index in [0.717, 1.165) is 0 Å². The topological polar surface area (TPSA) is 113 Å². The van der Waals surface area contributed by atoms with Crippen LogP contribution in [0.25, 0.3) is 0 Å². The van der Waals surface area contributed by atoms with Gasteiger partial charge in [-0.1, -0.05) is 0 Å². The summed E-state index contributed by atoms with van der Waals surface area (Å²) in [5.74, 6) is -0.280. The molecule has 1 fully saturated rings. The van der Waals surface area contributed by atoms with Crippen LogP contribution in [0.1, 0.15) is 17.4 Å². The number of nitrogens with one attached hydrogen (secondary N) is 2. The number of nitrogens with zero attached hydrogens (tertiary/aromatic N) is 2. The lowest BCUT2D eigenvalue weighted by Crippen LogP contribution is -2.55. The largest absolute Gasteiger partial charge is 0.382 e. The second-order valence-corrected chi connectivity index (χ2v) is 4.19. The average Bonchev–Trinajstić information content (AvgIpc) is 2.85. The number of amides is 2. The zero-order chi connectivity index (χ0) is 13.8. The predicted octanol–water partition coefficient (Wildman–Crippen LogP) is -1.03. The lowest BCUT2D eigenvalue weighted by molar-refractivity contribution is -0.130. The van der Waals surface area contributed by atoms with Gasteiger partial charge in [0.15, 0.2) is 0 Å². The third-order valence-electron chi connectivity index (χ3n) is 2.87. The van der Waals surface area contributed by atoms with Crippen LogP contribution < -0.4 is 11.1 Å². The third-order valence-corrected chi connectivity index (χ3v) is 2.87. The Morgan fingerprint density at radius 1 is 1.68 bits per heavy atom. The molecule has 1 aliphatic heterocycles. The SMILES string of the molecule is CCNC(=O)C1COCCN1C(=O)c1cc(N)n[nH]1. The number of hydrogen-bond acceptors (Lipinski definition) is 5. The first-order valence-corrected chi connectivity index (χ1v) is 6.10. The highest BCUT2D eigenvalue weighted by Crippen LogP contribution is 2.12. The first-order valence-electron chi connectivity index (χ1n) is 6.10. The second kappa shape index (κ2) is 5.70. The van der Waals surface area contributed by atoms with Crippen LogP contribution in [0.3, 0.4) is 0 Å². The van der Waals surface area contributed by atoms with Gasteiger partial charge >= 0.3 is 0 Å². The number of likely N-dealkylation sites (N-methyl/N-ethyl adjacent to an activating group) is 1. The number of ether oxygens (including phenoxy) is 1. The van der Waals surface area contributed by atoms with Gasteiger partial charge in [-0.15, -0.1) is 0 Å². The molecule has 0 bridgehead atoms. The Kier molecular flexibility index (Phi) is 4.00. The van der Waals surface area contributed by atoms with Crippen molar-refractivity contribution in [3.63, 3.8) is 0 Å². The van der Waals surface area contributed by atoms with Crippen LogP contribution in [0.2, 0.25) is 0 Å². The van der Waals surface area contributed by atoms with Gasteiger partial charge in [0, 0.05) is 19.2 Å². The van der Waals surface area contributed by atoms with Crippen molar-refractivity contribution in [2.45, 2.75) is 13.0 Å². The molecule has 1 atom stereocenters. The number of carbonyl (C=O) groups excluding carboxylic acids is 2. The number of morpholine rings is 1. The van der Waals surface area contributed by atoms with E-state index in [4.69, 9.17) is 10.5 Å². The van der Waals surface area contributed by atoms with Crippen LogP contribution in [0.4, 0.5) is 5.82 Å². The molecule has 2 rings (SSSR count). The molecule has 2 amide bonds. The zero-order valence-electron chi connectivity index (χ0n) is 10.7. The summed E-state index contributed by atoms with van der Waals surface area (Å²) in [7, 11) is 0. The number of rotatable bonds is 3. The Hall–Kier alpha value is -2.09. The summed E-state index contributed by atoms with van der Waals surface area (Å²) < 4.78 is 5.27. The fourth-order valence-electron chi connectivity index (χ4n) is 1.96. The molecule has 1 aliphatic rings. The summed E-state index contributed by atoms with van der Waals surface area (Å²) in [6, 6.07) is 0.831. The summed E-state index contributed by atoms with van der Waals surface area (Å²) in [4.78, 5) is 25.7. The van der Waals surface area contributed by atoms with Crippen LogP contribution in [0, 0.1) is 0 Å².